The lowest BCUT2D eigenvalue weighted by molar-refractivity contribution is 0.112. The van der Waals surface area contributed by atoms with Crippen LogP contribution in [0.1, 0.15) is 29.6 Å². The molecule has 1 saturated heterocycles. The summed E-state index contributed by atoms with van der Waals surface area (Å²) in [5, 5.41) is 0. The van der Waals surface area contributed by atoms with Gasteiger partial charge in [0, 0.05) is 18.7 Å². The third-order valence-electron chi connectivity index (χ3n) is 3.19. The molecule has 88 valence electrons. The van der Waals surface area contributed by atoms with E-state index >= 15 is 0 Å². The number of para-hydroxylation sites is 1. The molecule has 0 bridgehead atoms. The van der Waals surface area contributed by atoms with Crippen LogP contribution in [0.5, 0.6) is 0 Å². The number of benzene rings is 1. The van der Waals surface area contributed by atoms with Crippen molar-refractivity contribution >= 4 is 23.4 Å². The van der Waals surface area contributed by atoms with Gasteiger partial charge in [-0.25, -0.2) is 0 Å². The van der Waals surface area contributed by atoms with Crippen LogP contribution < -0.4 is 4.90 Å². The predicted molar refractivity (Wildman–Crippen MR) is 65.5 cm³/mol. The highest BCUT2D eigenvalue weighted by Crippen LogP contribution is 2.25. The third-order valence-corrected chi connectivity index (χ3v) is 3.19. The van der Waals surface area contributed by atoms with Crippen LogP contribution >= 0.6 is 0 Å². The van der Waals surface area contributed by atoms with Gasteiger partial charge in [-0.3, -0.25) is 4.79 Å². The molecule has 1 aliphatic heterocycles. The highest BCUT2D eigenvalue weighted by molar-refractivity contribution is 5.93. The summed E-state index contributed by atoms with van der Waals surface area (Å²) in [7, 11) is 0. The second-order valence-corrected chi connectivity index (χ2v) is 4.36. The summed E-state index contributed by atoms with van der Waals surface area (Å²) in [4.78, 5) is 17.5. The van der Waals surface area contributed by atoms with Crippen LogP contribution in [-0.4, -0.2) is 24.4 Å². The molecule has 1 aromatic carbocycles. The molecule has 0 atom stereocenters. The maximum absolute atomic E-state index is 10.9. The summed E-state index contributed by atoms with van der Waals surface area (Å²) in [6, 6.07) is 6.08. The second kappa shape index (κ2) is 4.20. The van der Waals surface area contributed by atoms with E-state index < -0.39 is 0 Å². The van der Waals surface area contributed by atoms with Crippen LogP contribution in [0.15, 0.2) is 22.6 Å². The fourth-order valence-electron chi connectivity index (χ4n) is 2.27. The Balaban J connectivity index is 2.03. The van der Waals surface area contributed by atoms with Crippen molar-refractivity contribution in [2.45, 2.75) is 19.3 Å². The van der Waals surface area contributed by atoms with Gasteiger partial charge in [0.2, 0.25) is 0 Å². The van der Waals surface area contributed by atoms with Crippen LogP contribution in [-0.2, 0) is 0 Å². The van der Waals surface area contributed by atoms with Crippen molar-refractivity contribution in [3.05, 3.63) is 23.8 Å². The highest BCUT2D eigenvalue weighted by atomic mass is 16.4. The van der Waals surface area contributed by atoms with E-state index in [-0.39, 0.29) is 0 Å². The Hall–Kier alpha value is -1.84. The van der Waals surface area contributed by atoms with Crippen LogP contribution in [0.25, 0.3) is 11.1 Å². The minimum atomic E-state index is 0.592. The van der Waals surface area contributed by atoms with Gasteiger partial charge in [0.25, 0.3) is 6.01 Å². The molecule has 4 heteroatoms. The van der Waals surface area contributed by atoms with E-state index in [2.05, 4.69) is 9.88 Å². The number of anilines is 1. The fraction of sp³-hybridized carbons (Fsp3) is 0.385. The van der Waals surface area contributed by atoms with E-state index in [1.54, 1.807) is 6.07 Å². The number of aromatic nitrogens is 1. The zero-order valence-corrected chi connectivity index (χ0v) is 9.56. The number of carbonyl (C=O) groups excluding carboxylic acids is 1. The van der Waals surface area contributed by atoms with Crippen LogP contribution in [0, 0.1) is 0 Å². The molecule has 1 fully saturated rings. The molecule has 0 saturated carbocycles. The van der Waals surface area contributed by atoms with Crippen molar-refractivity contribution in [3.63, 3.8) is 0 Å². The number of aldehydes is 1. The number of oxazole rings is 1. The molecule has 0 unspecified atom stereocenters. The predicted octanol–water partition coefficient (Wildman–Crippen LogP) is 2.63. The Labute approximate surface area is 99.2 Å². The Morgan fingerprint density at radius 1 is 1.24 bits per heavy atom. The van der Waals surface area contributed by atoms with Crippen molar-refractivity contribution in [1.82, 2.24) is 4.98 Å². The fourth-order valence-corrected chi connectivity index (χ4v) is 2.27. The molecule has 17 heavy (non-hydrogen) atoms. The first-order valence-electron chi connectivity index (χ1n) is 5.98. The summed E-state index contributed by atoms with van der Waals surface area (Å²) in [5.41, 5.74) is 1.95. The van der Waals surface area contributed by atoms with E-state index in [1.807, 2.05) is 12.1 Å². The number of hydrogen-bond donors (Lipinski definition) is 0. The standard InChI is InChI=1S/C13H14N2O2/c16-9-10-5-4-6-11-12(10)14-13(17-11)15-7-2-1-3-8-15/h4-6,9H,1-3,7-8H2. The monoisotopic (exact) mass is 230 g/mol. The number of nitrogens with zero attached hydrogens (tertiary/aromatic N) is 2. The quantitative estimate of drug-likeness (QED) is 0.744. The van der Waals surface area contributed by atoms with Gasteiger partial charge in [-0.15, -0.1) is 0 Å². The molecule has 2 aromatic rings. The van der Waals surface area contributed by atoms with Gasteiger partial charge < -0.3 is 9.32 Å². The average molecular weight is 230 g/mol. The number of carbonyl (C=O) groups is 1. The zero-order chi connectivity index (χ0) is 11.7. The largest absolute Gasteiger partial charge is 0.423 e. The molecule has 0 spiro atoms. The Morgan fingerprint density at radius 3 is 2.82 bits per heavy atom. The van der Waals surface area contributed by atoms with Gasteiger partial charge in [0.1, 0.15) is 5.52 Å². The average Bonchev–Trinajstić information content (AvgIpc) is 2.83. The normalized spacial score (nSPS) is 16.4. The van der Waals surface area contributed by atoms with Crippen molar-refractivity contribution in [2.75, 3.05) is 18.0 Å². The lowest BCUT2D eigenvalue weighted by Crippen LogP contribution is -2.29. The summed E-state index contributed by atoms with van der Waals surface area (Å²) >= 11 is 0. The van der Waals surface area contributed by atoms with Crippen molar-refractivity contribution in [2.24, 2.45) is 0 Å². The van der Waals surface area contributed by atoms with Crippen LogP contribution in [0.4, 0.5) is 6.01 Å². The highest BCUT2D eigenvalue weighted by Gasteiger charge is 2.17. The lowest BCUT2D eigenvalue weighted by atomic mass is 10.1. The molecule has 0 aliphatic carbocycles. The summed E-state index contributed by atoms with van der Waals surface area (Å²) in [5.74, 6) is 0. The maximum Gasteiger partial charge on any atom is 0.298 e. The first kappa shape index (κ1) is 10.3. The SMILES string of the molecule is O=Cc1cccc2oc(N3CCCCC3)nc12. The zero-order valence-electron chi connectivity index (χ0n) is 9.56. The first-order chi connectivity index (χ1) is 8.38. The number of hydrogen-bond acceptors (Lipinski definition) is 4. The second-order valence-electron chi connectivity index (χ2n) is 4.36. The summed E-state index contributed by atoms with van der Waals surface area (Å²) in [6.07, 6.45) is 4.46. The van der Waals surface area contributed by atoms with E-state index in [4.69, 9.17) is 4.42 Å². The molecule has 0 radical (unpaired) electrons. The number of fused-ring (bicyclic) bond motifs is 1. The maximum atomic E-state index is 10.9. The van der Waals surface area contributed by atoms with Gasteiger partial charge in [-0.05, 0) is 31.4 Å². The first-order valence-corrected chi connectivity index (χ1v) is 5.98. The van der Waals surface area contributed by atoms with Crippen molar-refractivity contribution in [1.29, 1.82) is 0 Å². The van der Waals surface area contributed by atoms with Gasteiger partial charge in [-0.2, -0.15) is 4.98 Å². The molecule has 4 nitrogen and oxygen atoms in total. The lowest BCUT2D eigenvalue weighted by Gasteiger charge is -2.24. The topological polar surface area (TPSA) is 46.3 Å². The van der Waals surface area contributed by atoms with Crippen molar-refractivity contribution < 1.29 is 9.21 Å². The van der Waals surface area contributed by atoms with Gasteiger partial charge in [0.05, 0.1) is 0 Å². The minimum absolute atomic E-state index is 0.592. The molecule has 3 rings (SSSR count). The Bertz CT molecular complexity index is 541. The molecule has 0 N–H and O–H groups in total. The summed E-state index contributed by atoms with van der Waals surface area (Å²) in [6.45, 7) is 1.98. The van der Waals surface area contributed by atoms with E-state index in [1.165, 1.54) is 19.3 Å². The molecular weight excluding hydrogens is 216 g/mol. The van der Waals surface area contributed by atoms with Crippen LogP contribution in [0.2, 0.25) is 0 Å². The molecule has 0 amide bonds. The molecular formula is C13H14N2O2. The Kier molecular flexibility index (Phi) is 2.55. The molecule has 2 heterocycles. The minimum Gasteiger partial charge on any atom is -0.423 e. The van der Waals surface area contributed by atoms with Gasteiger partial charge >= 0.3 is 0 Å². The third kappa shape index (κ3) is 1.79. The Morgan fingerprint density at radius 2 is 2.06 bits per heavy atom. The smallest absolute Gasteiger partial charge is 0.298 e. The van der Waals surface area contributed by atoms with Crippen LogP contribution in [0.3, 0.4) is 0 Å². The van der Waals surface area contributed by atoms with E-state index in [0.29, 0.717) is 22.7 Å². The van der Waals surface area contributed by atoms with Crippen molar-refractivity contribution in [3.8, 4) is 0 Å². The van der Waals surface area contributed by atoms with Gasteiger partial charge in [-0.1, -0.05) is 6.07 Å². The van der Waals surface area contributed by atoms with E-state index in [0.717, 1.165) is 19.4 Å². The number of piperidine rings is 1. The summed E-state index contributed by atoms with van der Waals surface area (Å²) < 4.78 is 5.71. The van der Waals surface area contributed by atoms with Gasteiger partial charge in [0.15, 0.2) is 11.9 Å². The number of rotatable bonds is 2. The molecule has 1 aromatic heterocycles. The van der Waals surface area contributed by atoms with E-state index in [9.17, 15) is 4.79 Å². The molecule has 1 aliphatic rings.